The number of ether oxygens (including phenoxy) is 2. The van der Waals surface area contributed by atoms with Crippen molar-refractivity contribution in [3.05, 3.63) is 71.9 Å². The van der Waals surface area contributed by atoms with Crippen LogP contribution >= 0.6 is 0 Å². The lowest BCUT2D eigenvalue weighted by molar-refractivity contribution is 0.0988. The predicted octanol–water partition coefficient (Wildman–Crippen LogP) is 4.57. The second kappa shape index (κ2) is 8.22. The van der Waals surface area contributed by atoms with E-state index in [0.29, 0.717) is 36.9 Å². The van der Waals surface area contributed by atoms with E-state index in [4.69, 9.17) is 9.47 Å². The molecule has 2 aromatic carbocycles. The second-order valence-electron chi connectivity index (χ2n) is 6.80. The number of carbonyl (C=O) groups excluding carboxylic acids is 1. The Labute approximate surface area is 170 Å². The molecule has 1 aliphatic rings. The van der Waals surface area contributed by atoms with E-state index < -0.39 is 0 Å². The van der Waals surface area contributed by atoms with E-state index in [0.717, 1.165) is 22.7 Å². The third kappa shape index (κ3) is 4.16. The molecule has 0 fully saturated rings. The van der Waals surface area contributed by atoms with Crippen LogP contribution in [0.25, 0.3) is 0 Å². The van der Waals surface area contributed by atoms with Crippen molar-refractivity contribution in [3.63, 3.8) is 0 Å². The molecule has 0 aliphatic carbocycles. The first-order valence-corrected chi connectivity index (χ1v) is 9.65. The number of anilines is 3. The lowest BCUT2D eigenvalue weighted by Gasteiger charge is -2.22. The van der Waals surface area contributed by atoms with Crippen molar-refractivity contribution >= 4 is 23.1 Å². The molecule has 4 rings (SSSR count). The van der Waals surface area contributed by atoms with Gasteiger partial charge in [0.1, 0.15) is 19.0 Å². The summed E-state index contributed by atoms with van der Waals surface area (Å²) in [5, 5.41) is 3.24. The minimum absolute atomic E-state index is 0.0641. The summed E-state index contributed by atoms with van der Waals surface area (Å²) in [5.74, 6) is 1.96. The zero-order valence-electron chi connectivity index (χ0n) is 16.5. The Bertz CT molecular complexity index is 1040. The maximum Gasteiger partial charge on any atom is 0.258 e. The standard InChI is InChI=1S/C23H23N3O3/c1-3-26(19-6-4-5-16(2)13-19)23(27)17-9-10-24-22(14-17)25-18-7-8-20-21(15-18)29-12-11-28-20/h4-10,13-15H,3,11-12H2,1-2H3,(H,24,25). The first kappa shape index (κ1) is 18.8. The van der Waals surface area contributed by atoms with Gasteiger partial charge in [0.05, 0.1) is 0 Å². The third-order valence-electron chi connectivity index (χ3n) is 4.70. The van der Waals surface area contributed by atoms with Crippen LogP contribution in [0, 0.1) is 6.92 Å². The molecule has 2 heterocycles. The molecule has 0 spiro atoms. The third-order valence-corrected chi connectivity index (χ3v) is 4.70. The van der Waals surface area contributed by atoms with Crippen LogP contribution in [0.1, 0.15) is 22.8 Å². The number of carbonyl (C=O) groups is 1. The Balaban J connectivity index is 1.55. The number of hydrogen-bond donors (Lipinski definition) is 1. The summed E-state index contributed by atoms with van der Waals surface area (Å²) in [7, 11) is 0. The topological polar surface area (TPSA) is 63.7 Å². The largest absolute Gasteiger partial charge is 0.486 e. The number of amides is 1. The monoisotopic (exact) mass is 389 g/mol. The Morgan fingerprint density at radius 3 is 2.69 bits per heavy atom. The van der Waals surface area contributed by atoms with E-state index in [1.165, 1.54) is 0 Å². The number of fused-ring (bicyclic) bond motifs is 1. The summed E-state index contributed by atoms with van der Waals surface area (Å²) >= 11 is 0. The van der Waals surface area contributed by atoms with E-state index in [9.17, 15) is 4.79 Å². The highest BCUT2D eigenvalue weighted by Crippen LogP contribution is 2.33. The summed E-state index contributed by atoms with van der Waals surface area (Å²) in [6.07, 6.45) is 1.64. The first-order chi connectivity index (χ1) is 14.1. The minimum atomic E-state index is -0.0641. The van der Waals surface area contributed by atoms with E-state index in [-0.39, 0.29) is 5.91 Å². The van der Waals surface area contributed by atoms with Gasteiger partial charge in [-0.3, -0.25) is 4.79 Å². The average molecular weight is 389 g/mol. The van der Waals surface area contributed by atoms with Gasteiger partial charge < -0.3 is 19.7 Å². The molecule has 0 saturated carbocycles. The van der Waals surface area contributed by atoms with Gasteiger partial charge in [0.2, 0.25) is 0 Å². The van der Waals surface area contributed by atoms with E-state index in [1.807, 2.05) is 56.3 Å². The molecule has 0 bridgehead atoms. The average Bonchev–Trinajstić information content (AvgIpc) is 2.74. The van der Waals surface area contributed by atoms with E-state index >= 15 is 0 Å². The number of nitrogens with one attached hydrogen (secondary N) is 1. The zero-order valence-corrected chi connectivity index (χ0v) is 16.5. The van der Waals surface area contributed by atoms with Crippen LogP contribution in [0.5, 0.6) is 11.5 Å². The van der Waals surface area contributed by atoms with Gasteiger partial charge in [-0.15, -0.1) is 0 Å². The Morgan fingerprint density at radius 1 is 1.07 bits per heavy atom. The molecule has 148 valence electrons. The van der Waals surface area contributed by atoms with Gasteiger partial charge in [-0.2, -0.15) is 0 Å². The molecule has 1 aliphatic heterocycles. The van der Waals surface area contributed by atoms with Crippen molar-refractivity contribution < 1.29 is 14.3 Å². The molecule has 0 saturated heterocycles. The number of pyridine rings is 1. The van der Waals surface area contributed by atoms with Crippen LogP contribution < -0.4 is 19.7 Å². The maximum atomic E-state index is 13.1. The van der Waals surface area contributed by atoms with E-state index in [2.05, 4.69) is 10.3 Å². The fourth-order valence-corrected chi connectivity index (χ4v) is 3.30. The highest BCUT2D eigenvalue weighted by molar-refractivity contribution is 6.06. The summed E-state index contributed by atoms with van der Waals surface area (Å²) < 4.78 is 11.2. The van der Waals surface area contributed by atoms with Crippen molar-refractivity contribution in [2.45, 2.75) is 13.8 Å². The highest BCUT2D eigenvalue weighted by Gasteiger charge is 2.17. The van der Waals surface area contributed by atoms with Gasteiger partial charge >= 0.3 is 0 Å². The van der Waals surface area contributed by atoms with Gasteiger partial charge in [-0.05, 0) is 55.8 Å². The molecule has 1 amide bonds. The highest BCUT2D eigenvalue weighted by atomic mass is 16.6. The second-order valence-corrected chi connectivity index (χ2v) is 6.80. The van der Waals surface area contributed by atoms with Crippen molar-refractivity contribution in [2.75, 3.05) is 30.0 Å². The Morgan fingerprint density at radius 2 is 1.90 bits per heavy atom. The molecular formula is C23H23N3O3. The maximum absolute atomic E-state index is 13.1. The molecule has 0 radical (unpaired) electrons. The summed E-state index contributed by atoms with van der Waals surface area (Å²) in [5.41, 5.74) is 3.39. The predicted molar refractivity (Wildman–Crippen MR) is 113 cm³/mol. The fraction of sp³-hybridized carbons (Fsp3) is 0.217. The molecule has 1 aromatic heterocycles. The number of aromatic nitrogens is 1. The summed E-state index contributed by atoms with van der Waals surface area (Å²) in [6, 6.07) is 17.1. The molecule has 3 aromatic rings. The minimum Gasteiger partial charge on any atom is -0.486 e. The lowest BCUT2D eigenvalue weighted by atomic mass is 10.1. The summed E-state index contributed by atoms with van der Waals surface area (Å²) in [4.78, 5) is 19.2. The van der Waals surface area contributed by atoms with Crippen LogP contribution in [-0.4, -0.2) is 30.6 Å². The van der Waals surface area contributed by atoms with Crippen LogP contribution in [-0.2, 0) is 0 Å². The molecule has 6 heteroatoms. The van der Waals surface area contributed by atoms with Gasteiger partial charge in [0.15, 0.2) is 11.5 Å². The van der Waals surface area contributed by atoms with Gasteiger partial charge in [0.25, 0.3) is 5.91 Å². The molecule has 0 atom stereocenters. The Kier molecular flexibility index (Phi) is 5.33. The lowest BCUT2D eigenvalue weighted by Crippen LogP contribution is -2.30. The van der Waals surface area contributed by atoms with Crippen LogP contribution in [0.4, 0.5) is 17.2 Å². The smallest absolute Gasteiger partial charge is 0.258 e. The van der Waals surface area contributed by atoms with Gasteiger partial charge in [-0.25, -0.2) is 4.98 Å². The van der Waals surface area contributed by atoms with Crippen LogP contribution in [0.2, 0.25) is 0 Å². The molecule has 0 unspecified atom stereocenters. The molecule has 6 nitrogen and oxygen atoms in total. The number of benzene rings is 2. The SMILES string of the molecule is CCN(C(=O)c1ccnc(Nc2ccc3c(c2)OCCO3)c1)c1cccc(C)c1. The van der Waals surface area contributed by atoms with Crippen molar-refractivity contribution in [1.29, 1.82) is 0 Å². The normalized spacial score (nSPS) is 12.3. The van der Waals surface area contributed by atoms with Crippen molar-refractivity contribution in [3.8, 4) is 11.5 Å². The molecular weight excluding hydrogens is 366 g/mol. The Hall–Kier alpha value is -3.54. The molecule has 29 heavy (non-hydrogen) atoms. The first-order valence-electron chi connectivity index (χ1n) is 9.65. The van der Waals surface area contributed by atoms with E-state index in [1.54, 1.807) is 23.2 Å². The van der Waals surface area contributed by atoms with Gasteiger partial charge in [0, 0.05) is 35.7 Å². The molecule has 1 N–H and O–H groups in total. The van der Waals surface area contributed by atoms with Crippen LogP contribution in [0.3, 0.4) is 0 Å². The zero-order chi connectivity index (χ0) is 20.2. The number of aryl methyl sites for hydroxylation is 1. The van der Waals surface area contributed by atoms with Crippen molar-refractivity contribution in [1.82, 2.24) is 4.98 Å². The quantitative estimate of drug-likeness (QED) is 0.692. The summed E-state index contributed by atoms with van der Waals surface area (Å²) in [6.45, 7) is 5.65. The van der Waals surface area contributed by atoms with Crippen molar-refractivity contribution in [2.24, 2.45) is 0 Å². The fourth-order valence-electron chi connectivity index (χ4n) is 3.30. The number of nitrogens with zero attached hydrogens (tertiary/aromatic N) is 2. The van der Waals surface area contributed by atoms with Crippen LogP contribution in [0.15, 0.2) is 60.8 Å². The van der Waals surface area contributed by atoms with Gasteiger partial charge in [-0.1, -0.05) is 12.1 Å². The number of hydrogen-bond acceptors (Lipinski definition) is 5. The number of rotatable bonds is 5.